The number of carbonyl (C=O) groups excluding carboxylic acids is 1. The summed E-state index contributed by atoms with van der Waals surface area (Å²) in [5.41, 5.74) is 0.227. The first kappa shape index (κ1) is 12.4. The lowest BCUT2D eigenvalue weighted by molar-refractivity contribution is -0.0531. The zero-order valence-corrected chi connectivity index (χ0v) is 9.08. The van der Waals surface area contributed by atoms with Gasteiger partial charge >= 0.3 is 0 Å². The van der Waals surface area contributed by atoms with Gasteiger partial charge in [0.25, 0.3) is 0 Å². The van der Waals surface area contributed by atoms with E-state index in [4.69, 9.17) is 14.7 Å². The van der Waals surface area contributed by atoms with Crippen LogP contribution in [-0.4, -0.2) is 37.2 Å². The Morgan fingerprint density at radius 2 is 1.81 bits per heavy atom. The minimum absolute atomic E-state index is 0.184. The summed E-state index contributed by atoms with van der Waals surface area (Å²) in [6.45, 7) is 0. The number of Topliss-reactive ketones (excluding diaryl/α,β-unsaturated/α-hetero) is 1. The van der Waals surface area contributed by atoms with Gasteiger partial charge < -0.3 is 14.7 Å². The van der Waals surface area contributed by atoms with E-state index in [2.05, 4.69) is 5.16 Å². The van der Waals surface area contributed by atoms with Gasteiger partial charge in [0.1, 0.15) is 0 Å². The fourth-order valence-electron chi connectivity index (χ4n) is 1.26. The van der Waals surface area contributed by atoms with Gasteiger partial charge in [-0.15, -0.1) is 0 Å². The summed E-state index contributed by atoms with van der Waals surface area (Å²) >= 11 is 0. The monoisotopic (exact) mass is 223 g/mol. The first-order chi connectivity index (χ1) is 7.74. The molecule has 0 spiro atoms. The smallest absolute Gasteiger partial charge is 0.215 e. The van der Waals surface area contributed by atoms with Crippen molar-refractivity contribution >= 4 is 11.5 Å². The third-order valence-electron chi connectivity index (χ3n) is 2.03. The van der Waals surface area contributed by atoms with Crippen molar-refractivity contribution < 1.29 is 19.5 Å². The summed E-state index contributed by atoms with van der Waals surface area (Å²) in [6.07, 6.45) is -0.974. The first-order valence-corrected chi connectivity index (χ1v) is 4.61. The number of ketones is 1. The lowest BCUT2D eigenvalue weighted by Crippen LogP contribution is -2.32. The average molecular weight is 223 g/mol. The summed E-state index contributed by atoms with van der Waals surface area (Å²) < 4.78 is 9.72. The molecule has 0 saturated carbocycles. The Kier molecular flexibility index (Phi) is 4.63. The van der Waals surface area contributed by atoms with Crippen molar-refractivity contribution in [2.24, 2.45) is 5.16 Å². The number of ether oxygens (including phenoxy) is 2. The van der Waals surface area contributed by atoms with Crippen molar-refractivity contribution in [3.8, 4) is 0 Å². The SMILES string of the molecule is COC(OC)/C(=N\O)C(=O)c1ccccc1. The zero-order valence-electron chi connectivity index (χ0n) is 9.08. The Balaban J connectivity index is 2.95. The lowest BCUT2D eigenvalue weighted by Gasteiger charge is -2.13. The second kappa shape index (κ2) is 5.99. The van der Waals surface area contributed by atoms with Crippen molar-refractivity contribution in [3.63, 3.8) is 0 Å². The highest BCUT2D eigenvalue weighted by Gasteiger charge is 2.24. The quantitative estimate of drug-likeness (QED) is 0.269. The van der Waals surface area contributed by atoms with Gasteiger partial charge in [-0.25, -0.2) is 0 Å². The average Bonchev–Trinajstić information content (AvgIpc) is 2.36. The summed E-state index contributed by atoms with van der Waals surface area (Å²) in [5, 5.41) is 11.7. The summed E-state index contributed by atoms with van der Waals surface area (Å²) in [7, 11) is 2.72. The maximum atomic E-state index is 11.9. The predicted molar refractivity (Wildman–Crippen MR) is 57.8 cm³/mol. The summed E-state index contributed by atoms with van der Waals surface area (Å²) in [5.74, 6) is -0.434. The van der Waals surface area contributed by atoms with Crippen molar-refractivity contribution in [3.05, 3.63) is 35.9 Å². The third kappa shape index (κ3) is 2.65. The number of methoxy groups -OCH3 is 2. The molecule has 0 bridgehead atoms. The van der Waals surface area contributed by atoms with E-state index < -0.39 is 12.1 Å². The van der Waals surface area contributed by atoms with E-state index in [1.54, 1.807) is 30.3 Å². The molecule has 86 valence electrons. The highest BCUT2D eigenvalue weighted by Crippen LogP contribution is 2.06. The van der Waals surface area contributed by atoms with E-state index in [0.717, 1.165) is 0 Å². The molecule has 0 radical (unpaired) electrons. The molecule has 0 heterocycles. The van der Waals surface area contributed by atoms with Crippen LogP contribution >= 0.6 is 0 Å². The molecule has 16 heavy (non-hydrogen) atoms. The van der Waals surface area contributed by atoms with Crippen LogP contribution in [0.25, 0.3) is 0 Å². The van der Waals surface area contributed by atoms with E-state index in [1.165, 1.54) is 14.2 Å². The second-order valence-electron chi connectivity index (χ2n) is 2.98. The molecule has 1 N–H and O–H groups in total. The summed E-state index contributed by atoms with van der Waals surface area (Å²) in [4.78, 5) is 11.9. The number of nitrogens with zero attached hydrogens (tertiary/aromatic N) is 1. The van der Waals surface area contributed by atoms with E-state index >= 15 is 0 Å². The van der Waals surface area contributed by atoms with E-state index in [0.29, 0.717) is 5.56 Å². The molecular formula is C11H13NO4. The number of benzene rings is 1. The van der Waals surface area contributed by atoms with Crippen molar-refractivity contribution in [2.75, 3.05) is 14.2 Å². The second-order valence-corrected chi connectivity index (χ2v) is 2.98. The van der Waals surface area contributed by atoms with Crippen LogP contribution in [-0.2, 0) is 9.47 Å². The Morgan fingerprint density at radius 3 is 2.25 bits per heavy atom. The number of carbonyl (C=O) groups is 1. The third-order valence-corrected chi connectivity index (χ3v) is 2.03. The topological polar surface area (TPSA) is 68.1 Å². The van der Waals surface area contributed by atoms with Gasteiger partial charge in [0, 0.05) is 19.8 Å². The molecule has 0 unspecified atom stereocenters. The van der Waals surface area contributed by atoms with Crippen molar-refractivity contribution in [1.82, 2.24) is 0 Å². The summed E-state index contributed by atoms with van der Waals surface area (Å²) in [6, 6.07) is 8.47. The number of hydrogen-bond acceptors (Lipinski definition) is 5. The van der Waals surface area contributed by atoms with Gasteiger partial charge in [-0.05, 0) is 0 Å². The van der Waals surface area contributed by atoms with Gasteiger partial charge in [-0.1, -0.05) is 35.5 Å². The van der Waals surface area contributed by atoms with Crippen LogP contribution in [0.4, 0.5) is 0 Å². The molecule has 0 saturated heterocycles. The highest BCUT2D eigenvalue weighted by atomic mass is 16.7. The molecule has 5 nitrogen and oxygen atoms in total. The molecule has 1 rings (SSSR count). The Morgan fingerprint density at radius 1 is 1.25 bits per heavy atom. The molecule has 1 aromatic rings. The molecule has 0 aliphatic heterocycles. The van der Waals surface area contributed by atoms with Crippen molar-refractivity contribution in [1.29, 1.82) is 0 Å². The maximum absolute atomic E-state index is 11.9. The van der Waals surface area contributed by atoms with Crippen LogP contribution < -0.4 is 0 Å². The van der Waals surface area contributed by atoms with Crippen LogP contribution in [0.15, 0.2) is 35.5 Å². The van der Waals surface area contributed by atoms with Gasteiger partial charge in [0.15, 0.2) is 5.71 Å². The van der Waals surface area contributed by atoms with Crippen LogP contribution in [0.1, 0.15) is 10.4 Å². The van der Waals surface area contributed by atoms with Gasteiger partial charge in [-0.2, -0.15) is 0 Å². The van der Waals surface area contributed by atoms with Gasteiger partial charge in [0.05, 0.1) is 0 Å². The largest absolute Gasteiger partial charge is 0.410 e. The van der Waals surface area contributed by atoms with E-state index in [9.17, 15) is 4.79 Å². The van der Waals surface area contributed by atoms with Gasteiger partial charge in [0.2, 0.25) is 12.1 Å². The normalized spacial score (nSPS) is 11.8. The minimum Gasteiger partial charge on any atom is -0.410 e. The standard InChI is InChI=1S/C11H13NO4/c1-15-11(16-2)9(12-14)10(13)8-6-4-3-5-7-8/h3-7,11,14H,1-2H3/b12-9-. The molecule has 5 heteroatoms. The molecule has 0 fully saturated rings. The zero-order chi connectivity index (χ0) is 12.0. The van der Waals surface area contributed by atoms with E-state index in [-0.39, 0.29) is 5.71 Å². The fraction of sp³-hybridized carbons (Fsp3) is 0.273. The molecular weight excluding hydrogens is 210 g/mol. The van der Waals surface area contributed by atoms with Crippen LogP contribution in [0, 0.1) is 0 Å². The Bertz CT molecular complexity index is 371. The molecule has 0 aromatic heterocycles. The van der Waals surface area contributed by atoms with Crippen LogP contribution in [0.3, 0.4) is 0 Å². The molecule has 1 aromatic carbocycles. The van der Waals surface area contributed by atoms with Crippen molar-refractivity contribution in [2.45, 2.75) is 6.29 Å². The molecule has 0 atom stereocenters. The fourth-order valence-corrected chi connectivity index (χ4v) is 1.26. The minimum atomic E-state index is -0.974. The number of rotatable bonds is 5. The number of oxime groups is 1. The maximum Gasteiger partial charge on any atom is 0.215 e. The first-order valence-electron chi connectivity index (χ1n) is 4.61. The van der Waals surface area contributed by atoms with Crippen LogP contribution in [0.5, 0.6) is 0 Å². The lowest BCUT2D eigenvalue weighted by atomic mass is 10.1. The van der Waals surface area contributed by atoms with Crippen LogP contribution in [0.2, 0.25) is 0 Å². The van der Waals surface area contributed by atoms with Gasteiger partial charge in [-0.3, -0.25) is 4.79 Å². The number of hydrogen-bond donors (Lipinski definition) is 1. The molecule has 0 aliphatic carbocycles. The van der Waals surface area contributed by atoms with E-state index in [1.807, 2.05) is 0 Å². The Labute approximate surface area is 93.3 Å². The highest BCUT2D eigenvalue weighted by molar-refractivity contribution is 6.47. The Hall–Kier alpha value is -1.72. The predicted octanol–water partition coefficient (Wildman–Crippen LogP) is 1.32. The molecule has 0 amide bonds. The molecule has 0 aliphatic rings.